The van der Waals surface area contributed by atoms with Crippen molar-refractivity contribution in [3.63, 3.8) is 0 Å². The van der Waals surface area contributed by atoms with Crippen LogP contribution in [0.5, 0.6) is 0 Å². The first-order chi connectivity index (χ1) is 9.19. The molecular formula is C12H14ClFN2O3S. The highest BCUT2D eigenvalue weighted by Crippen LogP contribution is 2.30. The molecule has 0 aromatic heterocycles. The van der Waals surface area contributed by atoms with Gasteiger partial charge in [0.25, 0.3) is 0 Å². The Hall–Kier alpha value is -1.18. The van der Waals surface area contributed by atoms with Crippen molar-refractivity contribution in [3.8, 4) is 0 Å². The summed E-state index contributed by atoms with van der Waals surface area (Å²) in [6.07, 6.45) is 0. The van der Waals surface area contributed by atoms with Gasteiger partial charge < -0.3 is 5.32 Å². The normalized spacial score (nSPS) is 19.7. The lowest BCUT2D eigenvalue weighted by molar-refractivity contribution is -0.131. The van der Waals surface area contributed by atoms with Crippen molar-refractivity contribution in [2.24, 2.45) is 0 Å². The fourth-order valence-corrected chi connectivity index (χ4v) is 4.17. The Morgan fingerprint density at radius 3 is 2.70 bits per heavy atom. The first kappa shape index (κ1) is 15.2. The van der Waals surface area contributed by atoms with Crippen LogP contribution in [0.1, 0.15) is 13.8 Å². The molecule has 0 atom stereocenters. The van der Waals surface area contributed by atoms with Crippen LogP contribution in [0.15, 0.2) is 23.1 Å². The van der Waals surface area contributed by atoms with E-state index in [1.54, 1.807) is 0 Å². The molecule has 110 valence electrons. The molecular weight excluding hydrogens is 307 g/mol. The first-order valence-corrected chi connectivity index (χ1v) is 7.76. The number of carbonyl (C=O) groups excluding carboxylic acids is 1. The van der Waals surface area contributed by atoms with Crippen LogP contribution in [-0.2, 0) is 14.8 Å². The van der Waals surface area contributed by atoms with Gasteiger partial charge in [-0.1, -0.05) is 17.7 Å². The standard InChI is InChI=1S/C12H14ClFN2O3S/c1-12(2)11(17)15-6-7-16(12)20(18,19)9-5-3-4-8(13)10(9)14/h3-5H,6-7H2,1-2H3,(H,15,17). The van der Waals surface area contributed by atoms with Crippen LogP contribution in [0.3, 0.4) is 0 Å². The fourth-order valence-electron chi connectivity index (χ4n) is 2.10. The van der Waals surface area contributed by atoms with Crippen LogP contribution in [0.25, 0.3) is 0 Å². The zero-order valence-electron chi connectivity index (χ0n) is 11.0. The lowest BCUT2D eigenvalue weighted by Gasteiger charge is -2.39. The first-order valence-electron chi connectivity index (χ1n) is 5.94. The highest BCUT2D eigenvalue weighted by molar-refractivity contribution is 7.89. The Morgan fingerprint density at radius 2 is 2.05 bits per heavy atom. The van der Waals surface area contributed by atoms with E-state index in [1.807, 2.05) is 0 Å². The maximum atomic E-state index is 14.0. The number of piperazine rings is 1. The van der Waals surface area contributed by atoms with Gasteiger partial charge in [0.05, 0.1) is 5.02 Å². The maximum Gasteiger partial charge on any atom is 0.247 e. The summed E-state index contributed by atoms with van der Waals surface area (Å²) in [4.78, 5) is 11.3. The van der Waals surface area contributed by atoms with Crippen molar-refractivity contribution in [3.05, 3.63) is 29.0 Å². The second-order valence-corrected chi connectivity index (χ2v) is 7.18. The minimum atomic E-state index is -4.14. The smallest absolute Gasteiger partial charge is 0.247 e. The lowest BCUT2D eigenvalue weighted by atomic mass is 10.0. The number of rotatable bonds is 2. The summed E-state index contributed by atoms with van der Waals surface area (Å²) < 4.78 is 40.1. The van der Waals surface area contributed by atoms with Gasteiger partial charge in [0.1, 0.15) is 10.4 Å². The Morgan fingerprint density at radius 1 is 1.40 bits per heavy atom. The summed E-state index contributed by atoms with van der Waals surface area (Å²) >= 11 is 5.62. The van der Waals surface area contributed by atoms with Gasteiger partial charge >= 0.3 is 0 Å². The number of amides is 1. The quantitative estimate of drug-likeness (QED) is 0.895. The van der Waals surface area contributed by atoms with Gasteiger partial charge in [-0.05, 0) is 26.0 Å². The van der Waals surface area contributed by atoms with Gasteiger partial charge in [-0.25, -0.2) is 12.8 Å². The van der Waals surface area contributed by atoms with Crippen molar-refractivity contribution in [2.45, 2.75) is 24.3 Å². The molecule has 1 aliphatic heterocycles. The Kier molecular flexibility index (Phi) is 3.79. The Balaban J connectivity index is 2.55. The predicted molar refractivity (Wildman–Crippen MR) is 72.4 cm³/mol. The number of hydrogen-bond acceptors (Lipinski definition) is 3. The Bertz CT molecular complexity index is 661. The highest BCUT2D eigenvalue weighted by Gasteiger charge is 2.45. The third-order valence-electron chi connectivity index (χ3n) is 3.26. The van der Waals surface area contributed by atoms with Crippen LogP contribution < -0.4 is 5.32 Å². The van der Waals surface area contributed by atoms with Gasteiger partial charge in [0.2, 0.25) is 15.9 Å². The summed E-state index contributed by atoms with van der Waals surface area (Å²) in [5, 5.41) is 2.31. The number of hydrogen-bond donors (Lipinski definition) is 1. The molecule has 1 aliphatic rings. The van der Waals surface area contributed by atoms with E-state index in [0.717, 1.165) is 10.4 Å². The minimum Gasteiger partial charge on any atom is -0.353 e. The molecule has 1 amide bonds. The van der Waals surface area contributed by atoms with Gasteiger partial charge in [0.15, 0.2) is 5.82 Å². The van der Waals surface area contributed by atoms with E-state index in [-0.39, 0.29) is 18.1 Å². The summed E-state index contributed by atoms with van der Waals surface area (Å²) in [6, 6.07) is 3.76. The van der Waals surface area contributed by atoms with Gasteiger partial charge in [-0.3, -0.25) is 4.79 Å². The van der Waals surface area contributed by atoms with E-state index in [0.29, 0.717) is 0 Å². The van der Waals surface area contributed by atoms with Gasteiger partial charge in [0, 0.05) is 13.1 Å². The third kappa shape index (κ3) is 2.30. The molecule has 0 unspecified atom stereocenters. The third-order valence-corrected chi connectivity index (χ3v) is 5.65. The number of benzene rings is 1. The maximum absolute atomic E-state index is 14.0. The van der Waals surface area contributed by atoms with E-state index in [1.165, 1.54) is 26.0 Å². The molecule has 2 rings (SSSR count). The summed E-state index contributed by atoms with van der Waals surface area (Å²) in [5.41, 5.74) is -1.29. The van der Waals surface area contributed by atoms with Crippen molar-refractivity contribution >= 4 is 27.5 Å². The molecule has 1 N–H and O–H groups in total. The molecule has 0 aliphatic carbocycles. The average Bonchev–Trinajstić information content (AvgIpc) is 2.35. The molecule has 0 spiro atoms. The molecule has 1 heterocycles. The molecule has 0 saturated carbocycles. The van der Waals surface area contributed by atoms with Crippen molar-refractivity contribution in [2.75, 3.05) is 13.1 Å². The zero-order chi connectivity index (χ0) is 15.1. The van der Waals surface area contributed by atoms with Crippen molar-refractivity contribution in [1.29, 1.82) is 0 Å². The van der Waals surface area contributed by atoms with Crippen molar-refractivity contribution in [1.82, 2.24) is 9.62 Å². The number of sulfonamides is 1. The number of nitrogens with one attached hydrogen (secondary N) is 1. The van der Waals surface area contributed by atoms with Crippen LogP contribution in [-0.4, -0.2) is 37.3 Å². The largest absolute Gasteiger partial charge is 0.353 e. The second kappa shape index (κ2) is 4.98. The van der Waals surface area contributed by atoms with E-state index >= 15 is 0 Å². The fraction of sp³-hybridized carbons (Fsp3) is 0.417. The molecule has 20 heavy (non-hydrogen) atoms. The van der Waals surface area contributed by atoms with E-state index in [2.05, 4.69) is 5.32 Å². The predicted octanol–water partition coefficient (Wildman–Crippen LogP) is 1.38. The SMILES string of the molecule is CC1(C)C(=O)NCCN1S(=O)(=O)c1cccc(Cl)c1F. The van der Waals surface area contributed by atoms with Crippen LogP contribution >= 0.6 is 11.6 Å². The molecule has 0 bridgehead atoms. The number of nitrogens with zero attached hydrogens (tertiary/aromatic N) is 1. The second-order valence-electron chi connectivity index (χ2n) is 4.94. The van der Waals surface area contributed by atoms with Gasteiger partial charge in [-0.2, -0.15) is 4.31 Å². The number of carbonyl (C=O) groups is 1. The number of halogens is 2. The molecule has 0 radical (unpaired) electrons. The summed E-state index contributed by atoms with van der Waals surface area (Å²) in [6.45, 7) is 3.21. The van der Waals surface area contributed by atoms with Crippen LogP contribution in [0, 0.1) is 5.82 Å². The lowest BCUT2D eigenvalue weighted by Crippen LogP contribution is -2.63. The summed E-state index contributed by atoms with van der Waals surface area (Å²) in [5.74, 6) is -1.43. The van der Waals surface area contributed by atoms with Crippen molar-refractivity contribution < 1.29 is 17.6 Å². The topological polar surface area (TPSA) is 66.5 Å². The minimum absolute atomic E-state index is 0.0764. The molecule has 5 nitrogen and oxygen atoms in total. The Labute approximate surface area is 121 Å². The highest BCUT2D eigenvalue weighted by atomic mass is 35.5. The van der Waals surface area contributed by atoms with Gasteiger partial charge in [-0.15, -0.1) is 0 Å². The molecule has 8 heteroatoms. The molecule has 1 fully saturated rings. The van der Waals surface area contributed by atoms with Crippen LogP contribution in [0.2, 0.25) is 5.02 Å². The average molecular weight is 321 g/mol. The van der Waals surface area contributed by atoms with E-state index < -0.39 is 32.2 Å². The molecule has 1 aromatic rings. The molecule has 1 saturated heterocycles. The monoisotopic (exact) mass is 320 g/mol. The van der Waals surface area contributed by atoms with Crippen LogP contribution in [0.4, 0.5) is 4.39 Å². The molecule has 1 aromatic carbocycles. The van der Waals surface area contributed by atoms with E-state index in [9.17, 15) is 17.6 Å². The zero-order valence-corrected chi connectivity index (χ0v) is 12.6. The summed E-state index contributed by atoms with van der Waals surface area (Å²) in [7, 11) is -4.14. The van der Waals surface area contributed by atoms with E-state index in [4.69, 9.17) is 11.6 Å².